The molecule has 2 bridgehead atoms. The first-order valence-electron chi connectivity index (χ1n) is 7.99. The fourth-order valence-electron chi connectivity index (χ4n) is 3.85. The molecule has 2 saturated carbocycles. The number of hydrogen-bond acceptors (Lipinski definition) is 3. The molecule has 1 amide bonds. The van der Waals surface area contributed by atoms with E-state index in [0.29, 0.717) is 18.4 Å². The molecule has 2 aliphatic rings. The predicted molar refractivity (Wildman–Crippen MR) is 83.2 cm³/mol. The Kier molecular flexibility index (Phi) is 4.15. The highest BCUT2D eigenvalue weighted by atomic mass is 16.5. The van der Waals surface area contributed by atoms with Crippen LogP contribution in [0.4, 0.5) is 5.69 Å². The second-order valence-corrected chi connectivity index (χ2v) is 6.27. The molecule has 21 heavy (non-hydrogen) atoms. The molecule has 0 radical (unpaired) electrons. The molecule has 2 fully saturated rings. The Morgan fingerprint density at radius 3 is 2.81 bits per heavy atom. The van der Waals surface area contributed by atoms with Crippen LogP contribution in [0.15, 0.2) is 24.3 Å². The summed E-state index contributed by atoms with van der Waals surface area (Å²) in [4.78, 5) is 12.6. The zero-order valence-electron chi connectivity index (χ0n) is 12.5. The molecule has 0 spiro atoms. The van der Waals surface area contributed by atoms with Crippen molar-refractivity contribution < 1.29 is 9.53 Å². The number of amides is 1. The van der Waals surface area contributed by atoms with Gasteiger partial charge in [-0.05, 0) is 49.7 Å². The quantitative estimate of drug-likeness (QED) is 0.875. The van der Waals surface area contributed by atoms with Gasteiger partial charge in [-0.3, -0.25) is 4.79 Å². The molecule has 4 nitrogen and oxygen atoms in total. The number of para-hydroxylation sites is 2. The van der Waals surface area contributed by atoms with Crippen LogP contribution in [-0.4, -0.2) is 18.6 Å². The Hall–Kier alpha value is -1.55. The maximum Gasteiger partial charge on any atom is 0.229 e. The van der Waals surface area contributed by atoms with Gasteiger partial charge in [0.25, 0.3) is 0 Å². The normalized spacial score (nSPS) is 30.4. The Morgan fingerprint density at radius 1 is 1.33 bits per heavy atom. The minimum Gasteiger partial charge on any atom is -0.491 e. The highest BCUT2D eigenvalue weighted by Gasteiger charge is 2.49. The van der Waals surface area contributed by atoms with E-state index in [1.165, 1.54) is 6.42 Å². The fraction of sp³-hybridized carbons (Fsp3) is 0.588. The maximum atomic E-state index is 12.6. The molecule has 2 aliphatic carbocycles. The van der Waals surface area contributed by atoms with Crippen LogP contribution in [0, 0.1) is 17.8 Å². The SMILES string of the molecule is CCCOc1ccccc1NC(=O)C1C2CCC(C2)C1N. The van der Waals surface area contributed by atoms with Crippen molar-refractivity contribution >= 4 is 11.6 Å². The van der Waals surface area contributed by atoms with Gasteiger partial charge in [-0.2, -0.15) is 0 Å². The minimum absolute atomic E-state index is 0.0208. The fourth-order valence-corrected chi connectivity index (χ4v) is 3.85. The number of hydrogen-bond donors (Lipinski definition) is 2. The number of benzene rings is 1. The third-order valence-corrected chi connectivity index (χ3v) is 4.89. The molecule has 1 aromatic rings. The average Bonchev–Trinajstić information content (AvgIpc) is 3.07. The van der Waals surface area contributed by atoms with Crippen molar-refractivity contribution in [2.45, 2.75) is 38.6 Å². The average molecular weight is 288 g/mol. The Bertz CT molecular complexity index is 515. The van der Waals surface area contributed by atoms with Crippen LogP contribution >= 0.6 is 0 Å². The molecule has 1 aromatic carbocycles. The summed E-state index contributed by atoms with van der Waals surface area (Å²) >= 11 is 0. The lowest BCUT2D eigenvalue weighted by Gasteiger charge is -2.27. The van der Waals surface area contributed by atoms with Gasteiger partial charge in [0.2, 0.25) is 5.91 Å². The standard InChI is InChI=1S/C17H24N2O2/c1-2-9-21-14-6-4-3-5-13(14)19-17(20)15-11-7-8-12(10-11)16(15)18/h3-6,11-12,15-16H,2,7-10,18H2,1H3,(H,19,20). The van der Waals surface area contributed by atoms with Crippen molar-refractivity contribution in [2.75, 3.05) is 11.9 Å². The molecule has 4 unspecified atom stereocenters. The highest BCUT2D eigenvalue weighted by Crippen LogP contribution is 2.48. The van der Waals surface area contributed by atoms with E-state index in [1.807, 2.05) is 24.3 Å². The van der Waals surface area contributed by atoms with Gasteiger partial charge in [0.05, 0.1) is 18.2 Å². The highest BCUT2D eigenvalue weighted by molar-refractivity contribution is 5.95. The van der Waals surface area contributed by atoms with Crippen LogP contribution in [0.2, 0.25) is 0 Å². The molecule has 4 atom stereocenters. The molecule has 0 aromatic heterocycles. The minimum atomic E-state index is -0.0389. The van der Waals surface area contributed by atoms with E-state index in [2.05, 4.69) is 12.2 Å². The van der Waals surface area contributed by atoms with Gasteiger partial charge in [-0.25, -0.2) is 0 Å². The monoisotopic (exact) mass is 288 g/mol. The summed E-state index contributed by atoms with van der Waals surface area (Å²) in [7, 11) is 0. The Labute approximate surface area is 126 Å². The molecule has 0 aliphatic heterocycles. The second-order valence-electron chi connectivity index (χ2n) is 6.27. The maximum absolute atomic E-state index is 12.6. The van der Waals surface area contributed by atoms with Crippen LogP contribution in [-0.2, 0) is 4.79 Å². The third kappa shape index (κ3) is 2.77. The van der Waals surface area contributed by atoms with Gasteiger partial charge in [0.15, 0.2) is 0 Å². The summed E-state index contributed by atoms with van der Waals surface area (Å²) in [5, 5.41) is 3.03. The second kappa shape index (κ2) is 6.06. The topological polar surface area (TPSA) is 64.3 Å². The first-order valence-corrected chi connectivity index (χ1v) is 7.99. The van der Waals surface area contributed by atoms with Gasteiger partial charge in [-0.1, -0.05) is 19.1 Å². The van der Waals surface area contributed by atoms with Crippen molar-refractivity contribution in [1.29, 1.82) is 0 Å². The van der Waals surface area contributed by atoms with Crippen molar-refractivity contribution in [3.63, 3.8) is 0 Å². The first-order chi connectivity index (χ1) is 10.2. The first kappa shape index (κ1) is 14.4. The van der Waals surface area contributed by atoms with E-state index in [0.717, 1.165) is 30.7 Å². The summed E-state index contributed by atoms with van der Waals surface area (Å²) < 4.78 is 5.69. The smallest absolute Gasteiger partial charge is 0.229 e. The van der Waals surface area contributed by atoms with Gasteiger partial charge < -0.3 is 15.8 Å². The Morgan fingerprint density at radius 2 is 2.10 bits per heavy atom. The van der Waals surface area contributed by atoms with Gasteiger partial charge >= 0.3 is 0 Å². The van der Waals surface area contributed by atoms with Gasteiger partial charge in [0.1, 0.15) is 5.75 Å². The lowest BCUT2D eigenvalue weighted by atomic mass is 9.84. The number of nitrogens with two attached hydrogens (primary N) is 1. The van der Waals surface area contributed by atoms with E-state index in [1.54, 1.807) is 0 Å². The van der Waals surface area contributed by atoms with Crippen LogP contribution < -0.4 is 15.8 Å². The molecule has 4 heteroatoms. The largest absolute Gasteiger partial charge is 0.491 e. The van der Waals surface area contributed by atoms with Crippen LogP contribution in [0.5, 0.6) is 5.75 Å². The molecule has 114 valence electrons. The number of rotatable bonds is 5. The number of carbonyl (C=O) groups excluding carboxylic acids is 1. The summed E-state index contributed by atoms with van der Waals surface area (Å²) in [6, 6.07) is 7.64. The lowest BCUT2D eigenvalue weighted by molar-refractivity contribution is -0.121. The van der Waals surface area contributed by atoms with E-state index in [4.69, 9.17) is 10.5 Å². The van der Waals surface area contributed by atoms with Gasteiger partial charge in [-0.15, -0.1) is 0 Å². The molecule has 3 N–H and O–H groups in total. The molecule has 0 saturated heterocycles. The number of nitrogens with one attached hydrogen (secondary N) is 1. The third-order valence-electron chi connectivity index (χ3n) is 4.89. The number of anilines is 1. The zero-order valence-corrected chi connectivity index (χ0v) is 12.5. The zero-order chi connectivity index (χ0) is 14.8. The summed E-state index contributed by atoms with van der Waals surface area (Å²) in [6.45, 7) is 2.72. The van der Waals surface area contributed by atoms with E-state index >= 15 is 0 Å². The number of fused-ring (bicyclic) bond motifs is 2. The van der Waals surface area contributed by atoms with Crippen molar-refractivity contribution in [2.24, 2.45) is 23.5 Å². The summed E-state index contributed by atoms with van der Waals surface area (Å²) in [5.41, 5.74) is 7.00. The van der Waals surface area contributed by atoms with E-state index in [-0.39, 0.29) is 17.9 Å². The molecular formula is C17H24N2O2. The molecular weight excluding hydrogens is 264 g/mol. The summed E-state index contributed by atoms with van der Waals surface area (Å²) in [6.07, 6.45) is 4.39. The van der Waals surface area contributed by atoms with E-state index < -0.39 is 0 Å². The van der Waals surface area contributed by atoms with Crippen molar-refractivity contribution in [3.05, 3.63) is 24.3 Å². The van der Waals surface area contributed by atoms with Crippen LogP contribution in [0.1, 0.15) is 32.6 Å². The van der Waals surface area contributed by atoms with Crippen molar-refractivity contribution in [3.8, 4) is 5.75 Å². The molecule has 3 rings (SSSR count). The van der Waals surface area contributed by atoms with Crippen LogP contribution in [0.3, 0.4) is 0 Å². The van der Waals surface area contributed by atoms with Crippen LogP contribution in [0.25, 0.3) is 0 Å². The number of ether oxygens (including phenoxy) is 1. The Balaban J connectivity index is 1.70. The number of carbonyl (C=O) groups is 1. The summed E-state index contributed by atoms with van der Waals surface area (Å²) in [5.74, 6) is 1.76. The molecule has 0 heterocycles. The lowest BCUT2D eigenvalue weighted by Crippen LogP contribution is -2.42. The van der Waals surface area contributed by atoms with Crippen molar-refractivity contribution in [1.82, 2.24) is 0 Å². The van der Waals surface area contributed by atoms with Gasteiger partial charge in [0, 0.05) is 6.04 Å². The van der Waals surface area contributed by atoms with E-state index in [9.17, 15) is 4.79 Å². The predicted octanol–water partition coefficient (Wildman–Crippen LogP) is 2.79.